The van der Waals surface area contributed by atoms with Gasteiger partial charge in [0, 0.05) is 24.3 Å². The van der Waals surface area contributed by atoms with Gasteiger partial charge in [0.1, 0.15) is 0 Å². The molecule has 0 radical (unpaired) electrons. The summed E-state index contributed by atoms with van der Waals surface area (Å²) in [4.78, 5) is 31.4. The summed E-state index contributed by atoms with van der Waals surface area (Å²) in [5.41, 5.74) is 1.14. The molecule has 1 saturated heterocycles. The third-order valence-corrected chi connectivity index (χ3v) is 6.03. The number of aromatic nitrogens is 1. The number of rotatable bonds is 6. The van der Waals surface area contributed by atoms with Crippen molar-refractivity contribution in [2.75, 3.05) is 18.0 Å². The molecule has 0 spiro atoms. The van der Waals surface area contributed by atoms with Gasteiger partial charge in [-0.3, -0.25) is 0 Å². The number of anilines is 1. The Balaban J connectivity index is 2.71. The molecule has 0 bridgehead atoms. The maximum Gasteiger partial charge on any atom is 0.355 e. The van der Waals surface area contributed by atoms with E-state index in [-0.39, 0.29) is 17.2 Å². The molecule has 1 N–H and O–H groups in total. The van der Waals surface area contributed by atoms with Crippen LogP contribution in [0.4, 0.5) is 5.69 Å². The molecule has 0 aliphatic carbocycles. The topological polar surface area (TPSA) is 89.0 Å². The number of carbonyl (C=O) groups is 2. The van der Waals surface area contributed by atoms with Crippen LogP contribution in [0, 0.1) is 12.3 Å². The number of carbonyl (C=O) groups excluding carboxylic acids is 1. The van der Waals surface area contributed by atoms with Crippen molar-refractivity contribution in [2.24, 2.45) is 5.41 Å². The van der Waals surface area contributed by atoms with Gasteiger partial charge in [0.05, 0.1) is 21.9 Å². The van der Waals surface area contributed by atoms with E-state index in [0.717, 1.165) is 25.9 Å². The van der Waals surface area contributed by atoms with Crippen molar-refractivity contribution in [1.29, 1.82) is 0 Å². The van der Waals surface area contributed by atoms with Crippen molar-refractivity contribution < 1.29 is 24.2 Å². The summed E-state index contributed by atoms with van der Waals surface area (Å²) in [6, 6.07) is 0. The van der Waals surface area contributed by atoms with E-state index < -0.39 is 23.6 Å². The smallest absolute Gasteiger partial charge is 0.355 e. The van der Waals surface area contributed by atoms with Crippen LogP contribution in [0.1, 0.15) is 89.2 Å². The van der Waals surface area contributed by atoms with Crippen LogP contribution in [0.2, 0.25) is 0 Å². The molecule has 7 nitrogen and oxygen atoms in total. The highest BCUT2D eigenvalue weighted by Crippen LogP contribution is 2.43. The van der Waals surface area contributed by atoms with Gasteiger partial charge in [-0.15, -0.1) is 0 Å². The molecule has 1 aliphatic rings. The summed E-state index contributed by atoms with van der Waals surface area (Å²) < 4.78 is 12.1. The van der Waals surface area contributed by atoms with Crippen molar-refractivity contribution in [3.8, 4) is 0 Å². The number of hydrogen-bond acceptors (Lipinski definition) is 6. The zero-order valence-electron chi connectivity index (χ0n) is 19.8. The molecule has 1 aromatic heterocycles. The molecule has 31 heavy (non-hydrogen) atoms. The zero-order chi connectivity index (χ0) is 23.7. The van der Waals surface area contributed by atoms with Crippen LogP contribution in [-0.2, 0) is 14.3 Å². The van der Waals surface area contributed by atoms with Gasteiger partial charge < -0.3 is 19.5 Å². The third kappa shape index (κ3) is 6.42. The molecule has 2 heterocycles. The van der Waals surface area contributed by atoms with Gasteiger partial charge >= 0.3 is 11.9 Å². The van der Waals surface area contributed by atoms with Crippen LogP contribution in [0.3, 0.4) is 0 Å². The fraction of sp³-hybridized carbons (Fsp3) is 0.696. The average molecular weight is 499 g/mol. The van der Waals surface area contributed by atoms with Gasteiger partial charge in [-0.25, -0.2) is 14.6 Å². The highest BCUT2D eigenvalue weighted by Gasteiger charge is 2.38. The standard InChI is InChI=1S/C23H35BrN2O5/c1-13(2)30-21(29)19(31-22(4,5)6)15-14(3)25-17(20(27)28)16(24)18(15)26-11-9-23(7,8)10-12-26/h13,19H,9-12H2,1-8H3,(H,27,28). The summed E-state index contributed by atoms with van der Waals surface area (Å²) in [6.45, 7) is 16.8. The molecule has 1 unspecified atom stereocenters. The van der Waals surface area contributed by atoms with E-state index in [1.54, 1.807) is 20.8 Å². The fourth-order valence-corrected chi connectivity index (χ4v) is 4.37. The minimum absolute atomic E-state index is 0.0761. The third-order valence-electron chi connectivity index (χ3n) is 5.28. The first-order chi connectivity index (χ1) is 14.1. The van der Waals surface area contributed by atoms with Crippen LogP contribution in [0.25, 0.3) is 0 Å². The number of esters is 1. The molecule has 0 amide bonds. The lowest BCUT2D eigenvalue weighted by Gasteiger charge is -2.40. The number of aromatic carboxylic acids is 1. The Hall–Kier alpha value is -1.67. The summed E-state index contributed by atoms with van der Waals surface area (Å²) >= 11 is 3.49. The van der Waals surface area contributed by atoms with Crippen LogP contribution < -0.4 is 4.90 Å². The monoisotopic (exact) mass is 498 g/mol. The van der Waals surface area contributed by atoms with Crippen LogP contribution in [0.15, 0.2) is 4.47 Å². The largest absolute Gasteiger partial charge is 0.476 e. The van der Waals surface area contributed by atoms with Gasteiger partial charge in [0.25, 0.3) is 0 Å². The lowest BCUT2D eigenvalue weighted by Crippen LogP contribution is -2.39. The number of piperidine rings is 1. The van der Waals surface area contributed by atoms with Crippen molar-refractivity contribution >= 4 is 33.6 Å². The van der Waals surface area contributed by atoms with Crippen molar-refractivity contribution in [3.05, 3.63) is 21.4 Å². The van der Waals surface area contributed by atoms with Gasteiger partial charge in [0.15, 0.2) is 11.8 Å². The molecule has 2 rings (SSSR count). The molecule has 8 heteroatoms. The Kier molecular flexibility index (Phi) is 7.80. The second-order valence-corrected chi connectivity index (χ2v) is 11.0. The van der Waals surface area contributed by atoms with E-state index in [4.69, 9.17) is 9.47 Å². The second-order valence-electron chi connectivity index (χ2n) is 10.2. The van der Waals surface area contributed by atoms with E-state index in [1.807, 2.05) is 20.8 Å². The molecular weight excluding hydrogens is 464 g/mol. The Bertz CT molecular complexity index is 835. The predicted molar refractivity (Wildman–Crippen MR) is 124 cm³/mol. The maximum absolute atomic E-state index is 13.1. The van der Waals surface area contributed by atoms with Crippen LogP contribution >= 0.6 is 15.9 Å². The minimum atomic E-state index is -1.13. The lowest BCUT2D eigenvalue weighted by atomic mass is 9.82. The second kappa shape index (κ2) is 9.45. The van der Waals surface area contributed by atoms with Gasteiger partial charge in [0.2, 0.25) is 0 Å². The van der Waals surface area contributed by atoms with Crippen LogP contribution in [0.5, 0.6) is 0 Å². The fourth-order valence-electron chi connectivity index (χ4n) is 3.65. The van der Waals surface area contributed by atoms with E-state index in [9.17, 15) is 14.7 Å². The molecule has 0 saturated carbocycles. The summed E-state index contributed by atoms with van der Waals surface area (Å²) in [6.07, 6.45) is 0.556. The Morgan fingerprint density at radius 2 is 1.74 bits per heavy atom. The average Bonchev–Trinajstić information content (AvgIpc) is 2.60. The van der Waals surface area contributed by atoms with Gasteiger partial charge in [-0.05, 0) is 75.7 Å². The number of aryl methyl sites for hydroxylation is 1. The molecule has 1 atom stereocenters. The van der Waals surface area contributed by atoms with E-state index >= 15 is 0 Å². The molecule has 1 aromatic rings. The highest BCUT2D eigenvalue weighted by molar-refractivity contribution is 9.10. The minimum Gasteiger partial charge on any atom is -0.476 e. The highest BCUT2D eigenvalue weighted by atomic mass is 79.9. The van der Waals surface area contributed by atoms with Gasteiger partial charge in [-0.1, -0.05) is 13.8 Å². The number of ether oxygens (including phenoxy) is 2. The zero-order valence-corrected chi connectivity index (χ0v) is 21.4. The number of carboxylic acid groups (broad SMARTS) is 1. The van der Waals surface area contributed by atoms with Crippen molar-refractivity contribution in [3.63, 3.8) is 0 Å². The number of carboxylic acids is 1. The first-order valence-electron chi connectivity index (χ1n) is 10.7. The normalized spacial score (nSPS) is 17.5. The lowest BCUT2D eigenvalue weighted by molar-refractivity contribution is -0.171. The molecular formula is C23H35BrN2O5. The molecule has 1 aliphatic heterocycles. The number of pyridine rings is 1. The summed E-state index contributed by atoms with van der Waals surface area (Å²) in [7, 11) is 0. The van der Waals surface area contributed by atoms with Gasteiger partial charge in [-0.2, -0.15) is 0 Å². The van der Waals surface area contributed by atoms with E-state index in [0.29, 0.717) is 21.4 Å². The number of nitrogens with zero attached hydrogens (tertiary/aromatic N) is 2. The number of hydrogen-bond donors (Lipinski definition) is 1. The summed E-state index contributed by atoms with van der Waals surface area (Å²) in [5.74, 6) is -1.64. The Labute approximate surface area is 193 Å². The summed E-state index contributed by atoms with van der Waals surface area (Å²) in [5, 5.41) is 9.71. The van der Waals surface area contributed by atoms with E-state index in [2.05, 4.69) is 39.7 Å². The quantitative estimate of drug-likeness (QED) is 0.533. The van der Waals surface area contributed by atoms with Crippen molar-refractivity contribution in [1.82, 2.24) is 4.98 Å². The SMILES string of the molecule is Cc1nc(C(=O)O)c(Br)c(N2CCC(C)(C)CC2)c1C(OC(C)(C)C)C(=O)OC(C)C. The molecule has 174 valence electrons. The Morgan fingerprint density at radius 3 is 2.19 bits per heavy atom. The first kappa shape index (κ1) is 25.6. The number of halogens is 1. The van der Waals surface area contributed by atoms with Crippen molar-refractivity contribution in [2.45, 2.75) is 86.0 Å². The molecule has 0 aromatic carbocycles. The predicted octanol–water partition coefficient (Wildman–Crippen LogP) is 5.28. The molecule has 1 fully saturated rings. The van der Waals surface area contributed by atoms with Crippen LogP contribution in [-0.4, -0.2) is 46.8 Å². The maximum atomic E-state index is 13.1. The first-order valence-corrected chi connectivity index (χ1v) is 11.5. The Morgan fingerprint density at radius 1 is 1.19 bits per heavy atom. The van der Waals surface area contributed by atoms with E-state index in [1.165, 1.54) is 0 Å².